The molecule has 2 unspecified atom stereocenters. The third-order valence-corrected chi connectivity index (χ3v) is 5.07. The van der Waals surface area contributed by atoms with Crippen molar-refractivity contribution in [3.05, 3.63) is 24.2 Å². The maximum absolute atomic E-state index is 5.36. The lowest BCUT2D eigenvalue weighted by molar-refractivity contribution is 0.0796. The smallest absolute Gasteiger partial charge is 0.191 e. The van der Waals surface area contributed by atoms with Gasteiger partial charge in [0, 0.05) is 32.1 Å². The SMILES string of the molecule is CN=C(NCCc1ccco1)NCC1(N(C)C)CCCC(C)C1.I. The molecule has 0 amide bonds. The molecule has 1 saturated carbocycles. The lowest BCUT2D eigenvalue weighted by Crippen LogP contribution is -2.56. The third-order valence-electron chi connectivity index (χ3n) is 5.07. The summed E-state index contributed by atoms with van der Waals surface area (Å²) < 4.78 is 5.36. The summed E-state index contributed by atoms with van der Waals surface area (Å²) in [5.41, 5.74) is 0.232. The number of hydrogen-bond acceptors (Lipinski definition) is 3. The quantitative estimate of drug-likeness (QED) is 0.399. The first-order chi connectivity index (χ1) is 11.1. The largest absolute Gasteiger partial charge is 0.469 e. The summed E-state index contributed by atoms with van der Waals surface area (Å²) in [5.74, 6) is 2.66. The second kappa shape index (κ2) is 10.3. The lowest BCUT2D eigenvalue weighted by atomic mass is 9.75. The molecule has 1 fully saturated rings. The van der Waals surface area contributed by atoms with Crippen molar-refractivity contribution < 1.29 is 4.42 Å². The Balaban J connectivity index is 0.00000288. The van der Waals surface area contributed by atoms with Crippen molar-refractivity contribution >= 4 is 29.9 Å². The number of nitrogens with one attached hydrogen (secondary N) is 2. The number of nitrogens with zero attached hydrogens (tertiary/aromatic N) is 2. The van der Waals surface area contributed by atoms with E-state index in [9.17, 15) is 0 Å². The van der Waals surface area contributed by atoms with Crippen LogP contribution in [0.4, 0.5) is 0 Å². The molecule has 0 bridgehead atoms. The zero-order valence-corrected chi connectivity index (χ0v) is 17.8. The van der Waals surface area contributed by atoms with E-state index in [0.717, 1.165) is 37.1 Å². The van der Waals surface area contributed by atoms with Crippen LogP contribution in [0.5, 0.6) is 0 Å². The number of halogens is 1. The van der Waals surface area contributed by atoms with E-state index in [4.69, 9.17) is 4.42 Å². The van der Waals surface area contributed by atoms with E-state index < -0.39 is 0 Å². The molecule has 1 heterocycles. The fourth-order valence-electron chi connectivity index (χ4n) is 3.58. The van der Waals surface area contributed by atoms with E-state index in [1.807, 2.05) is 19.2 Å². The van der Waals surface area contributed by atoms with Gasteiger partial charge in [-0.2, -0.15) is 0 Å². The summed E-state index contributed by atoms with van der Waals surface area (Å²) in [5, 5.41) is 6.90. The van der Waals surface area contributed by atoms with Crippen LogP contribution in [-0.2, 0) is 6.42 Å². The predicted molar refractivity (Wildman–Crippen MR) is 111 cm³/mol. The molecular formula is C18H33IN4O. The molecule has 0 aliphatic heterocycles. The Morgan fingerprint density at radius 3 is 2.79 bits per heavy atom. The molecule has 138 valence electrons. The van der Waals surface area contributed by atoms with Gasteiger partial charge in [-0.15, -0.1) is 24.0 Å². The number of guanidine groups is 1. The van der Waals surface area contributed by atoms with Crippen LogP contribution in [0, 0.1) is 5.92 Å². The molecule has 24 heavy (non-hydrogen) atoms. The van der Waals surface area contributed by atoms with Gasteiger partial charge in [0.25, 0.3) is 0 Å². The number of rotatable bonds is 6. The van der Waals surface area contributed by atoms with Crippen molar-refractivity contribution in [2.24, 2.45) is 10.9 Å². The highest BCUT2D eigenvalue weighted by Gasteiger charge is 2.36. The monoisotopic (exact) mass is 448 g/mol. The van der Waals surface area contributed by atoms with Crippen molar-refractivity contribution in [2.45, 2.75) is 44.6 Å². The maximum atomic E-state index is 5.36. The molecule has 1 aromatic rings. The van der Waals surface area contributed by atoms with Crippen molar-refractivity contribution in [1.29, 1.82) is 0 Å². The van der Waals surface area contributed by atoms with Gasteiger partial charge in [-0.1, -0.05) is 19.8 Å². The summed E-state index contributed by atoms with van der Waals surface area (Å²) in [7, 11) is 6.23. The molecule has 1 aliphatic carbocycles. The highest BCUT2D eigenvalue weighted by molar-refractivity contribution is 14.0. The van der Waals surface area contributed by atoms with Crippen LogP contribution >= 0.6 is 24.0 Å². The molecule has 6 heteroatoms. The van der Waals surface area contributed by atoms with Gasteiger partial charge in [-0.3, -0.25) is 4.99 Å². The van der Waals surface area contributed by atoms with Crippen molar-refractivity contribution in [2.75, 3.05) is 34.2 Å². The Morgan fingerprint density at radius 2 is 2.21 bits per heavy atom. The van der Waals surface area contributed by atoms with E-state index >= 15 is 0 Å². The van der Waals surface area contributed by atoms with Crippen LogP contribution < -0.4 is 10.6 Å². The van der Waals surface area contributed by atoms with E-state index in [-0.39, 0.29) is 29.5 Å². The van der Waals surface area contributed by atoms with Gasteiger partial charge >= 0.3 is 0 Å². The standard InChI is InChI=1S/C18H32N4O.HI/c1-15-7-5-10-18(13-15,22(3)4)14-21-17(19-2)20-11-9-16-8-6-12-23-16;/h6,8,12,15H,5,7,9-11,13-14H2,1-4H3,(H2,19,20,21);1H. The number of aliphatic imine (C=N–C) groups is 1. The topological polar surface area (TPSA) is 52.8 Å². The van der Waals surface area contributed by atoms with Crippen molar-refractivity contribution in [3.8, 4) is 0 Å². The molecule has 1 aliphatic rings. The first kappa shape index (κ1) is 21.3. The molecule has 2 rings (SSSR count). The fraction of sp³-hybridized carbons (Fsp3) is 0.722. The summed E-state index contributed by atoms with van der Waals surface area (Å²) >= 11 is 0. The van der Waals surface area contributed by atoms with E-state index in [2.05, 4.69) is 41.5 Å². The number of hydrogen-bond donors (Lipinski definition) is 2. The van der Waals surface area contributed by atoms with Crippen LogP contribution in [0.1, 0.15) is 38.4 Å². The fourth-order valence-corrected chi connectivity index (χ4v) is 3.58. The molecule has 1 aromatic heterocycles. The van der Waals surface area contributed by atoms with Gasteiger partial charge in [0.05, 0.1) is 6.26 Å². The Kier molecular flexibility index (Phi) is 9.12. The molecule has 0 aromatic carbocycles. The van der Waals surface area contributed by atoms with Gasteiger partial charge in [-0.05, 0) is 45.0 Å². The van der Waals surface area contributed by atoms with Gasteiger partial charge in [0.15, 0.2) is 5.96 Å². The summed E-state index contributed by atoms with van der Waals surface area (Å²) in [6.07, 6.45) is 7.74. The molecule has 0 saturated heterocycles. The Bertz CT molecular complexity index is 489. The first-order valence-electron chi connectivity index (χ1n) is 8.70. The summed E-state index contributed by atoms with van der Waals surface area (Å²) in [6.45, 7) is 4.12. The molecule has 0 spiro atoms. The third kappa shape index (κ3) is 5.95. The average Bonchev–Trinajstić information content (AvgIpc) is 3.04. The van der Waals surface area contributed by atoms with Crippen LogP contribution in [0.3, 0.4) is 0 Å². The van der Waals surface area contributed by atoms with Crippen molar-refractivity contribution in [3.63, 3.8) is 0 Å². The summed E-state index contributed by atoms with van der Waals surface area (Å²) in [4.78, 5) is 6.74. The Morgan fingerprint density at radius 1 is 1.42 bits per heavy atom. The molecule has 5 nitrogen and oxygen atoms in total. The van der Waals surface area contributed by atoms with Gasteiger partial charge < -0.3 is 20.0 Å². The van der Waals surface area contributed by atoms with Crippen LogP contribution in [0.15, 0.2) is 27.8 Å². The second-order valence-corrected chi connectivity index (χ2v) is 7.00. The van der Waals surface area contributed by atoms with E-state index in [1.165, 1.54) is 25.7 Å². The minimum absolute atomic E-state index is 0. The normalized spacial score (nSPS) is 24.5. The van der Waals surface area contributed by atoms with Crippen LogP contribution in [0.25, 0.3) is 0 Å². The first-order valence-corrected chi connectivity index (χ1v) is 8.70. The Hall–Kier alpha value is -0.760. The highest BCUT2D eigenvalue weighted by Crippen LogP contribution is 2.35. The Labute approximate surface area is 163 Å². The van der Waals surface area contributed by atoms with E-state index in [1.54, 1.807) is 6.26 Å². The minimum atomic E-state index is 0. The number of furan rings is 1. The molecule has 2 atom stereocenters. The molecule has 2 N–H and O–H groups in total. The van der Waals surface area contributed by atoms with Gasteiger partial charge in [-0.25, -0.2) is 0 Å². The van der Waals surface area contributed by atoms with Crippen molar-refractivity contribution in [1.82, 2.24) is 15.5 Å². The van der Waals surface area contributed by atoms with Gasteiger partial charge in [0.1, 0.15) is 5.76 Å². The van der Waals surface area contributed by atoms with Crippen LogP contribution in [0.2, 0.25) is 0 Å². The highest BCUT2D eigenvalue weighted by atomic mass is 127. The lowest BCUT2D eigenvalue weighted by Gasteiger charge is -2.45. The molecular weight excluding hydrogens is 415 g/mol. The zero-order valence-electron chi connectivity index (χ0n) is 15.5. The zero-order chi connectivity index (χ0) is 16.7. The second-order valence-electron chi connectivity index (χ2n) is 7.00. The summed E-state index contributed by atoms with van der Waals surface area (Å²) in [6, 6.07) is 3.93. The maximum Gasteiger partial charge on any atom is 0.191 e. The minimum Gasteiger partial charge on any atom is -0.469 e. The molecule has 0 radical (unpaired) electrons. The van der Waals surface area contributed by atoms with Gasteiger partial charge in [0.2, 0.25) is 0 Å². The van der Waals surface area contributed by atoms with Crippen LogP contribution in [-0.4, -0.2) is 50.6 Å². The average molecular weight is 448 g/mol. The van der Waals surface area contributed by atoms with E-state index in [0.29, 0.717) is 0 Å². The predicted octanol–water partition coefficient (Wildman–Crippen LogP) is 3.12. The number of likely N-dealkylation sites (N-methyl/N-ethyl adjacent to an activating group) is 1.